The predicted molar refractivity (Wildman–Crippen MR) is 170 cm³/mol. The highest BCUT2D eigenvalue weighted by molar-refractivity contribution is 6.17. The fraction of sp³-hybridized carbons (Fsp3) is 0.528. The Kier molecular flexibility index (Phi) is 5.05. The molecule has 7 aliphatic heterocycles. The Balaban J connectivity index is 1.30. The maximum atomic E-state index is 15.5. The van der Waals surface area contributed by atoms with Crippen molar-refractivity contribution in [3.8, 4) is 17.2 Å². The molecule has 0 aromatic heterocycles. The number of carbonyl (C=O) groups is 3. The molecule has 8 aliphatic rings. The SMILES string of the molecule is COc1c([C@@]23CCN(C)[C@@]4(CCC(=O)N4c4c(O)cccc42)C3=O)cc2c(c1OC)N[C@H]1CC[C@@]34C=CCN5CC[C@]21[C@]53OC(=O)C4. The third kappa shape index (κ3) is 2.64. The van der Waals surface area contributed by atoms with Gasteiger partial charge in [-0.3, -0.25) is 29.1 Å². The first-order valence-corrected chi connectivity index (χ1v) is 16.8. The molecule has 2 aromatic carbocycles. The van der Waals surface area contributed by atoms with Crippen LogP contribution >= 0.6 is 0 Å². The molecule has 3 spiro atoms. The van der Waals surface area contributed by atoms with Gasteiger partial charge in [-0.15, -0.1) is 0 Å². The lowest BCUT2D eigenvalue weighted by atomic mass is 9.51. The van der Waals surface area contributed by atoms with Crippen molar-refractivity contribution in [1.29, 1.82) is 0 Å². The van der Waals surface area contributed by atoms with E-state index in [1.165, 1.54) is 0 Å². The van der Waals surface area contributed by atoms with Crippen LogP contribution in [0.15, 0.2) is 36.4 Å². The van der Waals surface area contributed by atoms with Gasteiger partial charge in [0.2, 0.25) is 5.91 Å². The predicted octanol–water partition coefficient (Wildman–Crippen LogP) is 3.17. The Labute approximate surface area is 272 Å². The van der Waals surface area contributed by atoms with Crippen molar-refractivity contribution in [3.63, 3.8) is 0 Å². The fourth-order valence-corrected chi connectivity index (χ4v) is 12.0. The van der Waals surface area contributed by atoms with Crippen molar-refractivity contribution in [2.75, 3.05) is 51.1 Å². The lowest BCUT2D eigenvalue weighted by Crippen LogP contribution is -2.73. The third-order valence-electron chi connectivity index (χ3n) is 13.6. The molecule has 2 aromatic rings. The number of esters is 1. The lowest BCUT2D eigenvalue weighted by molar-refractivity contribution is -0.205. The molecule has 7 heterocycles. The van der Waals surface area contributed by atoms with Crippen LogP contribution < -0.4 is 19.7 Å². The van der Waals surface area contributed by atoms with E-state index in [2.05, 4.69) is 28.4 Å². The number of phenols is 1. The number of nitrogens with one attached hydrogen (secondary N) is 1. The van der Waals surface area contributed by atoms with E-state index >= 15 is 4.79 Å². The molecule has 6 atom stereocenters. The number of phenolic OH excluding ortho intramolecular Hbond substituents is 1. The van der Waals surface area contributed by atoms with Crippen LogP contribution in [0, 0.1) is 5.41 Å². The Morgan fingerprint density at radius 1 is 1.00 bits per heavy atom. The number of nitrogens with zero attached hydrogens (tertiary/aromatic N) is 3. The number of ketones is 1. The number of amides is 1. The van der Waals surface area contributed by atoms with Crippen LogP contribution in [-0.2, 0) is 30.0 Å². The second-order valence-electron chi connectivity index (χ2n) is 14.8. The molecule has 11 heteroatoms. The zero-order valence-corrected chi connectivity index (χ0v) is 26.9. The summed E-state index contributed by atoms with van der Waals surface area (Å²) in [7, 11) is 5.12. The summed E-state index contributed by atoms with van der Waals surface area (Å²) in [6.07, 6.45) is 8.18. The number of likely N-dealkylation sites (tertiary alicyclic amines) is 1. The van der Waals surface area contributed by atoms with Gasteiger partial charge in [0, 0.05) is 44.1 Å². The highest BCUT2D eigenvalue weighted by Gasteiger charge is 2.81. The molecule has 0 unspecified atom stereocenters. The summed E-state index contributed by atoms with van der Waals surface area (Å²) in [5.74, 6) is 0.494. The quantitative estimate of drug-likeness (QED) is 0.383. The lowest BCUT2D eigenvalue weighted by Gasteiger charge is -2.59. The summed E-state index contributed by atoms with van der Waals surface area (Å²) in [4.78, 5) is 48.4. The smallest absolute Gasteiger partial charge is 0.308 e. The van der Waals surface area contributed by atoms with Crippen LogP contribution in [0.4, 0.5) is 11.4 Å². The van der Waals surface area contributed by atoms with E-state index in [-0.39, 0.29) is 35.9 Å². The van der Waals surface area contributed by atoms with Crippen molar-refractivity contribution < 1.29 is 33.7 Å². The van der Waals surface area contributed by atoms with Crippen molar-refractivity contribution in [1.82, 2.24) is 9.80 Å². The number of ether oxygens (including phenoxy) is 3. The molecule has 1 saturated carbocycles. The molecule has 47 heavy (non-hydrogen) atoms. The minimum absolute atomic E-state index is 0.0236. The molecular weight excluding hydrogens is 600 g/mol. The van der Waals surface area contributed by atoms with E-state index in [4.69, 9.17) is 14.2 Å². The number of methoxy groups -OCH3 is 2. The van der Waals surface area contributed by atoms with Gasteiger partial charge >= 0.3 is 5.97 Å². The Hall–Kier alpha value is -4.09. The van der Waals surface area contributed by atoms with E-state index in [1.54, 1.807) is 31.3 Å². The third-order valence-corrected chi connectivity index (χ3v) is 13.6. The zero-order chi connectivity index (χ0) is 32.3. The Morgan fingerprint density at radius 3 is 2.64 bits per heavy atom. The minimum Gasteiger partial charge on any atom is -0.506 e. The summed E-state index contributed by atoms with van der Waals surface area (Å²) in [5.41, 5.74) is -0.951. The van der Waals surface area contributed by atoms with Crippen LogP contribution in [-0.4, -0.2) is 90.9 Å². The first-order valence-electron chi connectivity index (χ1n) is 16.8. The number of likely N-dealkylation sites (N-methyl/N-ethyl adjacent to an activating group) is 1. The normalized spacial score (nSPS) is 39.0. The second-order valence-corrected chi connectivity index (χ2v) is 14.8. The Bertz CT molecular complexity index is 1890. The van der Waals surface area contributed by atoms with Gasteiger partial charge in [0.1, 0.15) is 5.75 Å². The van der Waals surface area contributed by atoms with Crippen LogP contribution in [0.3, 0.4) is 0 Å². The Morgan fingerprint density at radius 2 is 1.83 bits per heavy atom. The first-order chi connectivity index (χ1) is 22.7. The molecule has 244 valence electrons. The number of piperidine rings is 1. The highest BCUT2D eigenvalue weighted by Crippen LogP contribution is 2.73. The van der Waals surface area contributed by atoms with E-state index in [0.29, 0.717) is 60.7 Å². The van der Waals surface area contributed by atoms with Gasteiger partial charge in [-0.2, -0.15) is 0 Å². The topological polar surface area (TPSA) is 121 Å². The van der Waals surface area contributed by atoms with Crippen LogP contribution in [0.2, 0.25) is 0 Å². The van der Waals surface area contributed by atoms with E-state index in [9.17, 15) is 14.7 Å². The van der Waals surface area contributed by atoms with Crippen LogP contribution in [0.5, 0.6) is 17.2 Å². The van der Waals surface area contributed by atoms with Gasteiger partial charge in [-0.1, -0.05) is 24.3 Å². The van der Waals surface area contributed by atoms with Gasteiger partial charge in [0.15, 0.2) is 28.7 Å². The minimum atomic E-state index is -1.25. The summed E-state index contributed by atoms with van der Waals surface area (Å²) < 4.78 is 19.1. The molecule has 5 fully saturated rings. The maximum absolute atomic E-state index is 15.5. The summed E-state index contributed by atoms with van der Waals surface area (Å²) in [5, 5.41) is 15.3. The van der Waals surface area contributed by atoms with Gasteiger partial charge in [-0.25, -0.2) is 0 Å². The second kappa shape index (κ2) is 8.49. The molecule has 11 nitrogen and oxygen atoms in total. The highest BCUT2D eigenvalue weighted by atomic mass is 16.6. The number of benzene rings is 2. The maximum Gasteiger partial charge on any atom is 0.308 e. The van der Waals surface area contributed by atoms with Crippen molar-refractivity contribution in [2.45, 2.75) is 73.2 Å². The number of fused-ring (bicyclic) bond motifs is 5. The van der Waals surface area contributed by atoms with Crippen LogP contribution in [0.25, 0.3) is 0 Å². The number of Topliss-reactive ketones (excluding diaryl/α,β-unsaturated/α-hetero) is 1. The van der Waals surface area contributed by atoms with E-state index in [0.717, 1.165) is 37.1 Å². The van der Waals surface area contributed by atoms with Crippen LogP contribution in [0.1, 0.15) is 61.6 Å². The first kappa shape index (κ1) is 28.0. The summed E-state index contributed by atoms with van der Waals surface area (Å²) in [6.45, 7) is 2.02. The summed E-state index contributed by atoms with van der Waals surface area (Å²) >= 11 is 0. The number of anilines is 2. The monoisotopic (exact) mass is 638 g/mol. The number of aromatic hydroxyl groups is 1. The van der Waals surface area contributed by atoms with Gasteiger partial charge in [-0.05, 0) is 56.0 Å². The molecule has 0 radical (unpaired) electrons. The van der Waals surface area contributed by atoms with E-state index < -0.39 is 27.6 Å². The number of rotatable bonds is 3. The summed E-state index contributed by atoms with van der Waals surface area (Å²) in [6, 6.07) is 7.32. The van der Waals surface area contributed by atoms with Crippen molar-refractivity contribution >= 4 is 29.0 Å². The molecule has 10 rings (SSSR count). The standard InChI is InChI=1S/C36H38N4O7/c1-38-16-13-33(20-6-4-7-23(41)28(20)40-25(42)9-12-35(38,40)31(33)44)22-18-21-27(30(46-3)29(22)45-2)37-24-8-11-32-10-5-15-39-17-14-34(21,24)36(32,39)47-26(43)19-32/h4-7,10,18,24,37,41H,8-9,11-17,19H2,1-3H3/t24-,32+,33+,34-,35+,36-/m0/s1. The zero-order valence-electron chi connectivity index (χ0n) is 26.9. The number of hydrogen-bond acceptors (Lipinski definition) is 10. The van der Waals surface area contributed by atoms with Crippen molar-refractivity contribution in [2.24, 2.45) is 5.41 Å². The fourth-order valence-electron chi connectivity index (χ4n) is 12.0. The molecule has 1 aliphatic carbocycles. The number of carbonyl (C=O) groups excluding carboxylic acids is 3. The van der Waals surface area contributed by atoms with Gasteiger partial charge in [0.25, 0.3) is 0 Å². The van der Waals surface area contributed by atoms with Gasteiger partial charge in [0.05, 0.1) is 48.3 Å². The molecular formula is C36H38N4O7. The van der Waals surface area contributed by atoms with Gasteiger partial charge < -0.3 is 24.6 Å². The number of para-hydroxylation sites is 1. The molecule has 2 bridgehead atoms. The van der Waals surface area contributed by atoms with Crippen molar-refractivity contribution in [3.05, 3.63) is 53.1 Å². The number of hydrogen-bond donors (Lipinski definition) is 2. The van der Waals surface area contributed by atoms with E-state index in [1.807, 2.05) is 18.0 Å². The average molecular weight is 639 g/mol. The molecule has 4 saturated heterocycles. The largest absolute Gasteiger partial charge is 0.506 e. The molecule has 1 amide bonds. The average Bonchev–Trinajstić information content (AvgIpc) is 3.78. The molecule has 2 N–H and O–H groups in total.